The molecule has 3 aliphatic carbocycles. The van der Waals surface area contributed by atoms with Crippen LogP contribution >= 0.6 is 0 Å². The number of nitrogens with zero attached hydrogens (tertiary/aromatic N) is 2. The SMILES string of the molecule is C1=C=CC(n2c(-c3ccc4c(c3)C(c3ccccc3)(c3c5ccccc5c(-c5ccccc5)c5ccccc35)C3C=CC=CC43)nc3ccccc32)=CC=1. The van der Waals surface area contributed by atoms with E-state index < -0.39 is 5.41 Å². The van der Waals surface area contributed by atoms with Gasteiger partial charge >= 0.3 is 0 Å². The number of fused-ring (bicyclic) bond motifs is 6. The Bertz CT molecular complexity index is 2960. The molecule has 0 saturated heterocycles. The van der Waals surface area contributed by atoms with Gasteiger partial charge in [-0.25, -0.2) is 4.98 Å². The van der Waals surface area contributed by atoms with Crippen molar-refractivity contribution in [1.82, 2.24) is 9.55 Å². The van der Waals surface area contributed by atoms with Gasteiger partial charge in [0, 0.05) is 23.5 Å². The molecule has 3 aliphatic rings. The molecule has 2 nitrogen and oxygen atoms in total. The molecule has 0 saturated carbocycles. The summed E-state index contributed by atoms with van der Waals surface area (Å²) >= 11 is 0. The molecule has 11 rings (SSSR count). The van der Waals surface area contributed by atoms with E-state index >= 15 is 0 Å². The van der Waals surface area contributed by atoms with E-state index in [-0.39, 0.29) is 11.8 Å². The third-order valence-corrected chi connectivity index (χ3v) is 11.8. The highest BCUT2D eigenvalue weighted by Gasteiger charge is 2.54. The molecule has 1 heterocycles. The summed E-state index contributed by atoms with van der Waals surface area (Å²) in [5.74, 6) is 1.25. The third kappa shape index (κ3) is 4.33. The lowest BCUT2D eigenvalue weighted by molar-refractivity contribution is 0.462. The fourth-order valence-corrected chi connectivity index (χ4v) is 9.75. The highest BCUT2D eigenvalue weighted by molar-refractivity contribution is 6.16. The van der Waals surface area contributed by atoms with Crippen LogP contribution in [0.5, 0.6) is 0 Å². The van der Waals surface area contributed by atoms with E-state index in [1.165, 1.54) is 54.9 Å². The zero-order valence-corrected chi connectivity index (χ0v) is 29.5. The molecule has 2 heteroatoms. The van der Waals surface area contributed by atoms with E-state index in [1.54, 1.807) is 0 Å². The Kier molecular flexibility index (Phi) is 6.84. The fraction of sp³-hybridized carbons (Fsp3) is 0.0577. The second-order valence-corrected chi connectivity index (χ2v) is 14.5. The molecule has 7 aromatic carbocycles. The van der Waals surface area contributed by atoms with Crippen molar-refractivity contribution in [3.05, 3.63) is 228 Å². The zero-order chi connectivity index (χ0) is 35.6. The predicted molar refractivity (Wildman–Crippen MR) is 223 cm³/mol. The minimum atomic E-state index is -0.528. The van der Waals surface area contributed by atoms with E-state index in [0.29, 0.717) is 0 Å². The molecule has 3 unspecified atom stereocenters. The van der Waals surface area contributed by atoms with Crippen molar-refractivity contribution in [2.45, 2.75) is 11.3 Å². The summed E-state index contributed by atoms with van der Waals surface area (Å²) < 4.78 is 2.27. The first-order valence-corrected chi connectivity index (χ1v) is 18.7. The van der Waals surface area contributed by atoms with E-state index in [4.69, 9.17) is 4.98 Å². The topological polar surface area (TPSA) is 17.8 Å². The molecular weight excluding hydrogens is 653 g/mol. The minimum Gasteiger partial charge on any atom is -0.292 e. The highest BCUT2D eigenvalue weighted by atomic mass is 15.1. The predicted octanol–water partition coefficient (Wildman–Crippen LogP) is 12.6. The number of para-hydroxylation sites is 2. The van der Waals surface area contributed by atoms with Crippen molar-refractivity contribution < 1.29 is 0 Å². The largest absolute Gasteiger partial charge is 0.292 e. The van der Waals surface area contributed by atoms with Crippen molar-refractivity contribution >= 4 is 38.3 Å². The van der Waals surface area contributed by atoms with Gasteiger partial charge in [-0.2, -0.15) is 0 Å². The van der Waals surface area contributed by atoms with Crippen LogP contribution in [0, 0.1) is 5.92 Å². The number of rotatable bonds is 5. The smallest absolute Gasteiger partial charge is 0.145 e. The van der Waals surface area contributed by atoms with Crippen LogP contribution in [0.2, 0.25) is 0 Å². The lowest BCUT2D eigenvalue weighted by atomic mass is 9.61. The van der Waals surface area contributed by atoms with Gasteiger partial charge in [0.05, 0.1) is 22.1 Å². The average molecular weight is 687 g/mol. The van der Waals surface area contributed by atoms with Crippen molar-refractivity contribution in [1.29, 1.82) is 0 Å². The van der Waals surface area contributed by atoms with Gasteiger partial charge in [-0.1, -0.05) is 169 Å². The van der Waals surface area contributed by atoms with E-state index in [1.807, 2.05) is 12.2 Å². The Morgan fingerprint density at radius 1 is 0.593 bits per heavy atom. The van der Waals surface area contributed by atoms with Gasteiger partial charge in [-0.05, 0) is 85.3 Å². The van der Waals surface area contributed by atoms with Gasteiger partial charge in [0.25, 0.3) is 0 Å². The van der Waals surface area contributed by atoms with Gasteiger partial charge in [0.2, 0.25) is 0 Å². The van der Waals surface area contributed by atoms with Crippen molar-refractivity contribution in [2.24, 2.45) is 5.92 Å². The molecule has 3 atom stereocenters. The molecule has 0 bridgehead atoms. The Balaban J connectivity index is 1.29. The molecule has 0 amide bonds. The summed E-state index contributed by atoms with van der Waals surface area (Å²) in [5, 5.41) is 5.09. The normalized spacial score (nSPS) is 19.4. The number of benzene rings is 7. The number of aromatic nitrogens is 2. The van der Waals surface area contributed by atoms with Crippen molar-refractivity contribution in [2.75, 3.05) is 0 Å². The summed E-state index contributed by atoms with van der Waals surface area (Å²) in [4.78, 5) is 5.32. The average Bonchev–Trinajstić information content (AvgIpc) is 3.78. The van der Waals surface area contributed by atoms with Gasteiger partial charge in [0.1, 0.15) is 5.82 Å². The first-order valence-electron chi connectivity index (χ1n) is 18.7. The quantitative estimate of drug-likeness (QED) is 0.130. The number of allylic oxidation sites excluding steroid dienone is 8. The second-order valence-electron chi connectivity index (χ2n) is 14.5. The van der Waals surface area contributed by atoms with Crippen LogP contribution in [-0.4, -0.2) is 9.55 Å². The van der Waals surface area contributed by atoms with Crippen LogP contribution in [0.15, 0.2) is 206 Å². The molecule has 0 radical (unpaired) electrons. The monoisotopic (exact) mass is 686 g/mol. The molecule has 0 spiro atoms. The number of hydrogen-bond acceptors (Lipinski definition) is 1. The van der Waals surface area contributed by atoms with E-state index in [0.717, 1.165) is 28.1 Å². The Morgan fingerprint density at radius 2 is 1.26 bits per heavy atom. The van der Waals surface area contributed by atoms with Gasteiger partial charge < -0.3 is 0 Å². The Morgan fingerprint density at radius 3 is 2.00 bits per heavy atom. The molecule has 0 N–H and O–H groups in total. The summed E-state index contributed by atoms with van der Waals surface area (Å²) in [7, 11) is 0. The maximum Gasteiger partial charge on any atom is 0.145 e. The number of imidazole rings is 1. The molecule has 0 aliphatic heterocycles. The Labute approximate surface area is 314 Å². The molecule has 54 heavy (non-hydrogen) atoms. The van der Waals surface area contributed by atoms with Crippen LogP contribution in [-0.2, 0) is 5.41 Å². The van der Waals surface area contributed by atoms with Crippen LogP contribution in [0.25, 0.3) is 60.8 Å². The van der Waals surface area contributed by atoms with Crippen LogP contribution in [0.4, 0.5) is 0 Å². The molecule has 1 aromatic heterocycles. The Hall–Kier alpha value is -6.95. The molecular formula is C52H34N2. The summed E-state index contributed by atoms with van der Waals surface area (Å²) in [6, 6.07) is 55.9. The molecule has 0 fully saturated rings. The second kappa shape index (κ2) is 12.1. The van der Waals surface area contributed by atoms with E-state index in [9.17, 15) is 0 Å². The van der Waals surface area contributed by atoms with Crippen LogP contribution < -0.4 is 0 Å². The van der Waals surface area contributed by atoms with E-state index in [2.05, 4.69) is 198 Å². The maximum absolute atomic E-state index is 5.32. The van der Waals surface area contributed by atoms with Gasteiger partial charge in [0.15, 0.2) is 0 Å². The standard InChI is InChI=1S/C52H34N2/c1-4-18-35(19-5-1)49-41-25-10-12-27-43(41)50(44-28-13-11-26-42(44)49)52(37-20-6-2-7-21-37)45-29-15-14-24-39(45)40-33-32-36(34-46(40)52)51-53-47-30-16-17-31-48(47)54(51)38-22-8-3-9-23-38/h1-2,4-8,10-34,39,45H. The van der Waals surface area contributed by atoms with Crippen LogP contribution in [0.1, 0.15) is 28.2 Å². The molecule has 252 valence electrons. The molecule has 8 aromatic rings. The zero-order valence-electron chi connectivity index (χ0n) is 29.5. The van der Waals surface area contributed by atoms with Crippen molar-refractivity contribution in [3.63, 3.8) is 0 Å². The summed E-state index contributed by atoms with van der Waals surface area (Å²) in [6.07, 6.45) is 15.4. The first kappa shape index (κ1) is 30.7. The summed E-state index contributed by atoms with van der Waals surface area (Å²) in [6.45, 7) is 0. The first-order chi connectivity index (χ1) is 26.8. The minimum absolute atomic E-state index is 0.141. The van der Waals surface area contributed by atoms with Crippen LogP contribution in [0.3, 0.4) is 0 Å². The third-order valence-electron chi connectivity index (χ3n) is 11.8. The lowest BCUT2D eigenvalue weighted by Crippen LogP contribution is -2.35. The van der Waals surface area contributed by atoms with Gasteiger partial charge in [-0.15, -0.1) is 0 Å². The maximum atomic E-state index is 5.32. The lowest BCUT2D eigenvalue weighted by Gasteiger charge is -2.41. The highest BCUT2D eigenvalue weighted by Crippen LogP contribution is 2.62. The summed E-state index contributed by atoms with van der Waals surface area (Å²) in [5.41, 5.74) is 17.7. The fourth-order valence-electron chi connectivity index (χ4n) is 9.75. The van der Waals surface area contributed by atoms with Crippen molar-refractivity contribution in [3.8, 4) is 22.5 Å². The van der Waals surface area contributed by atoms with Gasteiger partial charge in [-0.3, -0.25) is 4.57 Å². The number of hydrogen-bond donors (Lipinski definition) is 0.